The third-order valence-electron chi connectivity index (χ3n) is 5.40. The van der Waals surface area contributed by atoms with E-state index in [0.29, 0.717) is 12.2 Å². The maximum atomic E-state index is 13.2. The Bertz CT molecular complexity index is 806. The molecule has 1 N–H and O–H groups in total. The zero-order valence-corrected chi connectivity index (χ0v) is 15.8. The molecule has 4 rings (SSSR count). The number of benzene rings is 1. The van der Waals surface area contributed by atoms with Crippen LogP contribution >= 0.6 is 0 Å². The summed E-state index contributed by atoms with van der Waals surface area (Å²) in [6.45, 7) is 3.09. The van der Waals surface area contributed by atoms with Gasteiger partial charge in [0.1, 0.15) is 0 Å². The number of nitrogens with one attached hydrogen (secondary N) is 1. The third-order valence-corrected chi connectivity index (χ3v) is 5.40. The highest BCUT2D eigenvalue weighted by atomic mass is 16.5. The lowest BCUT2D eigenvalue weighted by molar-refractivity contribution is 0.0599. The molecule has 2 aliphatic rings. The molecule has 0 saturated carbocycles. The summed E-state index contributed by atoms with van der Waals surface area (Å²) < 4.78 is 5.15. The largest absolute Gasteiger partial charge is 0.380 e. The first-order chi connectivity index (χ1) is 13.3. The molecule has 0 bridgehead atoms. The van der Waals surface area contributed by atoms with Gasteiger partial charge >= 0.3 is 0 Å². The van der Waals surface area contributed by atoms with E-state index in [-0.39, 0.29) is 11.9 Å². The predicted octanol–water partition coefficient (Wildman–Crippen LogP) is 2.64. The first-order valence-corrected chi connectivity index (χ1v) is 9.70. The van der Waals surface area contributed by atoms with Crippen LogP contribution in [-0.4, -0.2) is 41.0 Å². The Morgan fingerprint density at radius 2 is 2.15 bits per heavy atom. The SMILES string of the molecule is COCc1ccc(C(=O)N2CCCCC2c2ncc3c(n2)CCNC3)cc1. The van der Waals surface area contributed by atoms with Gasteiger partial charge in [0, 0.05) is 56.2 Å². The van der Waals surface area contributed by atoms with Crippen molar-refractivity contribution in [3.05, 3.63) is 58.7 Å². The fourth-order valence-electron chi connectivity index (χ4n) is 3.93. The predicted molar refractivity (Wildman–Crippen MR) is 102 cm³/mol. The van der Waals surface area contributed by atoms with Crippen LogP contribution in [0.25, 0.3) is 0 Å². The minimum absolute atomic E-state index is 0.0370. The first-order valence-electron chi connectivity index (χ1n) is 9.70. The van der Waals surface area contributed by atoms with Crippen molar-refractivity contribution >= 4 is 5.91 Å². The van der Waals surface area contributed by atoms with Crippen molar-refractivity contribution in [3.8, 4) is 0 Å². The van der Waals surface area contributed by atoms with Gasteiger partial charge in [-0.05, 0) is 37.0 Å². The average Bonchev–Trinajstić information content (AvgIpc) is 2.74. The van der Waals surface area contributed by atoms with E-state index in [1.54, 1.807) is 7.11 Å². The Morgan fingerprint density at radius 3 is 2.96 bits per heavy atom. The summed E-state index contributed by atoms with van der Waals surface area (Å²) in [4.78, 5) is 24.6. The summed E-state index contributed by atoms with van der Waals surface area (Å²) in [5, 5.41) is 3.35. The molecule has 6 nitrogen and oxygen atoms in total. The normalized spacial score (nSPS) is 19.6. The lowest BCUT2D eigenvalue weighted by atomic mass is 9.99. The van der Waals surface area contributed by atoms with Crippen molar-refractivity contribution in [3.63, 3.8) is 0 Å². The molecular formula is C21H26N4O2. The molecule has 1 atom stereocenters. The van der Waals surface area contributed by atoms with Crippen molar-refractivity contribution in [1.29, 1.82) is 0 Å². The van der Waals surface area contributed by atoms with Gasteiger partial charge in [-0.3, -0.25) is 4.79 Å². The third kappa shape index (κ3) is 3.87. The highest BCUT2D eigenvalue weighted by Crippen LogP contribution is 2.31. The fourth-order valence-corrected chi connectivity index (χ4v) is 3.93. The highest BCUT2D eigenvalue weighted by molar-refractivity contribution is 5.94. The molecule has 3 heterocycles. The van der Waals surface area contributed by atoms with E-state index in [9.17, 15) is 4.79 Å². The number of ether oxygens (including phenoxy) is 1. The Labute approximate surface area is 160 Å². The van der Waals surface area contributed by atoms with Gasteiger partial charge in [0.05, 0.1) is 12.6 Å². The molecule has 27 heavy (non-hydrogen) atoms. The van der Waals surface area contributed by atoms with Crippen LogP contribution in [0.3, 0.4) is 0 Å². The van der Waals surface area contributed by atoms with Crippen LogP contribution in [0, 0.1) is 0 Å². The number of nitrogens with zero attached hydrogens (tertiary/aromatic N) is 3. The van der Waals surface area contributed by atoms with Crippen molar-refractivity contribution in [2.24, 2.45) is 0 Å². The quantitative estimate of drug-likeness (QED) is 0.901. The summed E-state index contributed by atoms with van der Waals surface area (Å²) in [6.07, 6.45) is 5.90. The van der Waals surface area contributed by atoms with E-state index < -0.39 is 0 Å². The topological polar surface area (TPSA) is 67.3 Å². The van der Waals surface area contributed by atoms with Gasteiger partial charge < -0.3 is 15.0 Å². The van der Waals surface area contributed by atoms with Gasteiger partial charge in [0.15, 0.2) is 5.82 Å². The first kappa shape index (κ1) is 18.1. The van der Waals surface area contributed by atoms with Crippen LogP contribution in [0.1, 0.15) is 58.3 Å². The van der Waals surface area contributed by atoms with Crippen LogP contribution in [0.15, 0.2) is 30.5 Å². The van der Waals surface area contributed by atoms with E-state index >= 15 is 0 Å². The number of likely N-dealkylation sites (tertiary alicyclic amines) is 1. The number of piperidine rings is 1. The number of rotatable bonds is 4. The standard InChI is InChI=1S/C21H26N4O2/c1-27-14-15-5-7-16(8-6-15)21(26)25-11-3-2-4-19(25)20-23-13-17-12-22-10-9-18(17)24-20/h5-8,13,19,22H,2-4,9-12,14H2,1H3. The number of carbonyl (C=O) groups excluding carboxylic acids is 1. The van der Waals surface area contributed by atoms with Crippen molar-refractivity contribution < 1.29 is 9.53 Å². The zero-order chi connectivity index (χ0) is 18.6. The molecule has 1 fully saturated rings. The van der Waals surface area contributed by atoms with Gasteiger partial charge in [-0.25, -0.2) is 9.97 Å². The Morgan fingerprint density at radius 1 is 1.30 bits per heavy atom. The molecule has 1 saturated heterocycles. The maximum Gasteiger partial charge on any atom is 0.254 e. The summed E-state index contributed by atoms with van der Waals surface area (Å²) in [5.41, 5.74) is 4.08. The minimum atomic E-state index is -0.0370. The van der Waals surface area contributed by atoms with E-state index in [0.717, 1.165) is 62.4 Å². The summed E-state index contributed by atoms with van der Waals surface area (Å²) in [6, 6.07) is 7.66. The number of carbonyl (C=O) groups is 1. The second-order valence-electron chi connectivity index (χ2n) is 7.27. The fraction of sp³-hybridized carbons (Fsp3) is 0.476. The summed E-state index contributed by atoms with van der Waals surface area (Å²) in [7, 11) is 1.67. The summed E-state index contributed by atoms with van der Waals surface area (Å²) in [5.74, 6) is 0.853. The maximum absolute atomic E-state index is 13.2. The van der Waals surface area contributed by atoms with Crippen LogP contribution in [0.4, 0.5) is 0 Å². The number of aromatic nitrogens is 2. The number of amides is 1. The van der Waals surface area contributed by atoms with Crippen molar-refractivity contribution in [1.82, 2.24) is 20.2 Å². The molecule has 1 aromatic heterocycles. The van der Waals surface area contributed by atoms with Crippen molar-refractivity contribution in [2.45, 2.75) is 44.9 Å². The second-order valence-corrected chi connectivity index (χ2v) is 7.27. The van der Waals surface area contributed by atoms with Crippen molar-refractivity contribution in [2.75, 3.05) is 20.2 Å². The number of hydrogen-bond donors (Lipinski definition) is 1. The van der Waals surface area contributed by atoms with Crippen LogP contribution in [0.5, 0.6) is 0 Å². The van der Waals surface area contributed by atoms with Gasteiger partial charge in [0.2, 0.25) is 0 Å². The number of fused-ring (bicyclic) bond motifs is 1. The van der Waals surface area contributed by atoms with E-state index in [4.69, 9.17) is 9.72 Å². The van der Waals surface area contributed by atoms with Gasteiger partial charge in [0.25, 0.3) is 5.91 Å². The lowest BCUT2D eigenvalue weighted by Crippen LogP contribution is -2.39. The van der Waals surface area contributed by atoms with Crippen LogP contribution in [-0.2, 0) is 24.3 Å². The highest BCUT2D eigenvalue weighted by Gasteiger charge is 2.31. The number of methoxy groups -OCH3 is 1. The number of hydrogen-bond acceptors (Lipinski definition) is 5. The molecule has 0 aliphatic carbocycles. The smallest absolute Gasteiger partial charge is 0.254 e. The molecule has 0 spiro atoms. The van der Waals surface area contributed by atoms with Gasteiger partial charge in [-0.15, -0.1) is 0 Å². The van der Waals surface area contributed by atoms with Gasteiger partial charge in [-0.1, -0.05) is 12.1 Å². The monoisotopic (exact) mass is 366 g/mol. The molecular weight excluding hydrogens is 340 g/mol. The Balaban J connectivity index is 1.57. The molecule has 2 aromatic rings. The zero-order valence-electron chi connectivity index (χ0n) is 15.8. The van der Waals surface area contributed by atoms with Crippen LogP contribution in [0.2, 0.25) is 0 Å². The minimum Gasteiger partial charge on any atom is -0.380 e. The summed E-state index contributed by atoms with van der Waals surface area (Å²) >= 11 is 0. The average molecular weight is 366 g/mol. The Hall–Kier alpha value is -2.31. The molecule has 0 radical (unpaired) electrons. The molecule has 142 valence electrons. The van der Waals surface area contributed by atoms with E-state index in [1.807, 2.05) is 35.4 Å². The lowest BCUT2D eigenvalue weighted by Gasteiger charge is -2.35. The molecule has 1 amide bonds. The molecule has 6 heteroatoms. The van der Waals surface area contributed by atoms with Crippen LogP contribution < -0.4 is 5.32 Å². The molecule has 2 aliphatic heterocycles. The second kappa shape index (κ2) is 8.15. The molecule has 1 unspecified atom stereocenters. The Kier molecular flexibility index (Phi) is 5.45. The van der Waals surface area contributed by atoms with E-state index in [1.165, 1.54) is 5.56 Å². The van der Waals surface area contributed by atoms with E-state index in [2.05, 4.69) is 10.3 Å². The van der Waals surface area contributed by atoms with Gasteiger partial charge in [-0.2, -0.15) is 0 Å². The molecule has 1 aromatic carbocycles.